The van der Waals surface area contributed by atoms with Crippen molar-refractivity contribution in [1.82, 2.24) is 9.61 Å². The lowest BCUT2D eigenvalue weighted by molar-refractivity contribution is 0.201. The summed E-state index contributed by atoms with van der Waals surface area (Å²) in [5.41, 5.74) is 3.14. The van der Waals surface area contributed by atoms with Crippen molar-refractivity contribution in [2.24, 2.45) is 0 Å². The van der Waals surface area contributed by atoms with Crippen LogP contribution < -0.4 is 9.47 Å². The van der Waals surface area contributed by atoms with Crippen molar-refractivity contribution in [1.29, 1.82) is 0 Å². The third-order valence-corrected chi connectivity index (χ3v) is 3.33. The Kier molecular flexibility index (Phi) is 4.25. The van der Waals surface area contributed by atoms with E-state index >= 15 is 0 Å². The van der Waals surface area contributed by atoms with E-state index in [9.17, 15) is 0 Å². The van der Waals surface area contributed by atoms with E-state index in [4.69, 9.17) is 14.6 Å². The molecular weight excluding hydrogens is 280 g/mol. The van der Waals surface area contributed by atoms with Crippen LogP contribution in [0.5, 0.6) is 11.5 Å². The molecule has 0 aliphatic carbocycles. The van der Waals surface area contributed by atoms with Crippen LogP contribution in [-0.4, -0.2) is 34.5 Å². The Morgan fingerprint density at radius 1 is 1.05 bits per heavy atom. The zero-order valence-electron chi connectivity index (χ0n) is 12.4. The standard InChI is InChI=1S/C17H18N2O3/c1-2-21-15-7-8-17-16(11-18-19(17)12-15)13-3-5-14(6-4-13)22-10-9-20/h3-8,11-12,20H,2,9-10H2,1H3. The molecule has 0 spiro atoms. The van der Waals surface area contributed by atoms with Crippen LogP contribution in [0.2, 0.25) is 0 Å². The number of hydrogen-bond donors (Lipinski definition) is 1. The van der Waals surface area contributed by atoms with Gasteiger partial charge in [-0.1, -0.05) is 12.1 Å². The van der Waals surface area contributed by atoms with Gasteiger partial charge in [-0.2, -0.15) is 5.10 Å². The number of hydrogen-bond acceptors (Lipinski definition) is 4. The molecule has 114 valence electrons. The molecule has 3 aromatic rings. The largest absolute Gasteiger partial charge is 0.492 e. The maximum absolute atomic E-state index is 8.77. The van der Waals surface area contributed by atoms with Gasteiger partial charge in [0.1, 0.15) is 18.1 Å². The molecule has 5 nitrogen and oxygen atoms in total. The molecule has 0 atom stereocenters. The van der Waals surface area contributed by atoms with Gasteiger partial charge in [-0.15, -0.1) is 0 Å². The number of fused-ring (bicyclic) bond motifs is 1. The van der Waals surface area contributed by atoms with Crippen LogP contribution in [0.3, 0.4) is 0 Å². The molecule has 0 radical (unpaired) electrons. The molecule has 0 unspecified atom stereocenters. The SMILES string of the molecule is CCOc1ccc2c(-c3ccc(OCCO)cc3)cnn2c1. The molecule has 5 heteroatoms. The number of ether oxygens (including phenoxy) is 2. The van der Waals surface area contributed by atoms with Crippen molar-refractivity contribution in [3.8, 4) is 22.6 Å². The summed E-state index contributed by atoms with van der Waals surface area (Å²) in [6.45, 7) is 2.91. The van der Waals surface area contributed by atoms with Crippen LogP contribution in [0.15, 0.2) is 48.8 Å². The van der Waals surface area contributed by atoms with Gasteiger partial charge in [0.15, 0.2) is 0 Å². The first-order valence-corrected chi connectivity index (χ1v) is 7.26. The summed E-state index contributed by atoms with van der Waals surface area (Å²) < 4.78 is 12.7. The Morgan fingerprint density at radius 3 is 2.55 bits per heavy atom. The molecule has 2 aromatic heterocycles. The number of aliphatic hydroxyl groups excluding tert-OH is 1. The van der Waals surface area contributed by atoms with Gasteiger partial charge in [-0.05, 0) is 36.8 Å². The summed E-state index contributed by atoms with van der Waals surface area (Å²) in [5.74, 6) is 1.55. The predicted molar refractivity (Wildman–Crippen MR) is 84.4 cm³/mol. The number of nitrogens with zero attached hydrogens (tertiary/aromatic N) is 2. The first-order chi connectivity index (χ1) is 10.8. The first kappa shape index (κ1) is 14.4. The normalized spacial score (nSPS) is 10.8. The van der Waals surface area contributed by atoms with E-state index in [1.807, 2.05) is 60.2 Å². The van der Waals surface area contributed by atoms with E-state index in [0.717, 1.165) is 28.1 Å². The Hall–Kier alpha value is -2.53. The highest BCUT2D eigenvalue weighted by Crippen LogP contribution is 2.27. The lowest BCUT2D eigenvalue weighted by atomic mass is 10.1. The van der Waals surface area contributed by atoms with Crippen LogP contribution in [-0.2, 0) is 0 Å². The van der Waals surface area contributed by atoms with Gasteiger partial charge in [-0.3, -0.25) is 0 Å². The van der Waals surface area contributed by atoms with Gasteiger partial charge in [-0.25, -0.2) is 4.52 Å². The zero-order chi connectivity index (χ0) is 15.4. The number of aromatic nitrogens is 2. The first-order valence-electron chi connectivity index (χ1n) is 7.26. The summed E-state index contributed by atoms with van der Waals surface area (Å²) >= 11 is 0. The fraction of sp³-hybridized carbons (Fsp3) is 0.235. The van der Waals surface area contributed by atoms with Crippen molar-refractivity contribution < 1.29 is 14.6 Å². The Balaban J connectivity index is 1.89. The number of benzene rings is 1. The third-order valence-electron chi connectivity index (χ3n) is 3.33. The topological polar surface area (TPSA) is 56.0 Å². The molecule has 0 saturated heterocycles. The minimum absolute atomic E-state index is 0.0119. The highest BCUT2D eigenvalue weighted by molar-refractivity contribution is 5.80. The van der Waals surface area contributed by atoms with Gasteiger partial charge < -0.3 is 14.6 Å². The van der Waals surface area contributed by atoms with Crippen LogP contribution in [0.25, 0.3) is 16.6 Å². The molecule has 1 N–H and O–H groups in total. The lowest BCUT2D eigenvalue weighted by Gasteiger charge is -2.06. The maximum atomic E-state index is 8.77. The predicted octanol–water partition coefficient (Wildman–Crippen LogP) is 2.77. The van der Waals surface area contributed by atoms with Gasteiger partial charge in [0.25, 0.3) is 0 Å². The second-order valence-electron chi connectivity index (χ2n) is 4.78. The molecule has 3 rings (SSSR count). The van der Waals surface area contributed by atoms with Gasteiger partial charge in [0.05, 0.1) is 31.1 Å². The Labute approximate surface area is 128 Å². The summed E-state index contributed by atoms with van der Waals surface area (Å²) in [4.78, 5) is 0. The van der Waals surface area contributed by atoms with E-state index in [1.54, 1.807) is 0 Å². The molecule has 0 saturated carbocycles. The van der Waals surface area contributed by atoms with Crippen LogP contribution >= 0.6 is 0 Å². The molecule has 0 bridgehead atoms. The van der Waals surface area contributed by atoms with E-state index in [1.165, 1.54) is 0 Å². The molecule has 0 amide bonds. The second-order valence-corrected chi connectivity index (χ2v) is 4.78. The average Bonchev–Trinajstić information content (AvgIpc) is 2.97. The minimum atomic E-state index is 0.0119. The molecule has 0 aliphatic rings. The van der Waals surface area contributed by atoms with E-state index in [2.05, 4.69) is 5.10 Å². The lowest BCUT2D eigenvalue weighted by Crippen LogP contribution is -2.01. The summed E-state index contributed by atoms with van der Waals surface area (Å²) in [5, 5.41) is 13.1. The molecule has 22 heavy (non-hydrogen) atoms. The molecule has 2 heterocycles. The van der Waals surface area contributed by atoms with E-state index < -0.39 is 0 Å². The van der Waals surface area contributed by atoms with Crippen molar-refractivity contribution in [3.05, 3.63) is 48.8 Å². The quantitative estimate of drug-likeness (QED) is 0.760. The highest BCUT2D eigenvalue weighted by atomic mass is 16.5. The summed E-state index contributed by atoms with van der Waals surface area (Å²) in [6, 6.07) is 11.7. The summed E-state index contributed by atoms with van der Waals surface area (Å²) in [6.07, 6.45) is 3.72. The maximum Gasteiger partial charge on any atom is 0.137 e. The fourth-order valence-electron chi connectivity index (χ4n) is 2.33. The van der Waals surface area contributed by atoms with Crippen molar-refractivity contribution in [2.45, 2.75) is 6.92 Å². The third kappa shape index (κ3) is 2.89. The van der Waals surface area contributed by atoms with Gasteiger partial charge >= 0.3 is 0 Å². The fourth-order valence-corrected chi connectivity index (χ4v) is 2.33. The van der Waals surface area contributed by atoms with Crippen molar-refractivity contribution in [3.63, 3.8) is 0 Å². The Morgan fingerprint density at radius 2 is 1.82 bits per heavy atom. The Bertz CT molecular complexity index is 750. The van der Waals surface area contributed by atoms with E-state index in [-0.39, 0.29) is 6.61 Å². The summed E-state index contributed by atoms with van der Waals surface area (Å²) in [7, 11) is 0. The molecule has 0 fully saturated rings. The van der Waals surface area contributed by atoms with Crippen LogP contribution in [0.1, 0.15) is 6.92 Å². The zero-order valence-corrected chi connectivity index (χ0v) is 12.4. The van der Waals surface area contributed by atoms with E-state index in [0.29, 0.717) is 13.2 Å². The second kappa shape index (κ2) is 6.49. The molecule has 1 aromatic carbocycles. The van der Waals surface area contributed by atoms with Crippen molar-refractivity contribution in [2.75, 3.05) is 19.8 Å². The molecule has 0 aliphatic heterocycles. The number of aliphatic hydroxyl groups is 1. The average molecular weight is 298 g/mol. The van der Waals surface area contributed by atoms with Crippen LogP contribution in [0.4, 0.5) is 0 Å². The number of rotatable bonds is 6. The smallest absolute Gasteiger partial charge is 0.137 e. The highest BCUT2D eigenvalue weighted by Gasteiger charge is 2.07. The number of pyridine rings is 1. The van der Waals surface area contributed by atoms with Gasteiger partial charge in [0.2, 0.25) is 0 Å². The minimum Gasteiger partial charge on any atom is -0.492 e. The van der Waals surface area contributed by atoms with Crippen LogP contribution in [0, 0.1) is 0 Å². The van der Waals surface area contributed by atoms with Crippen molar-refractivity contribution >= 4 is 5.52 Å². The van der Waals surface area contributed by atoms with Gasteiger partial charge in [0, 0.05) is 5.56 Å². The monoisotopic (exact) mass is 298 g/mol. The molecular formula is C17H18N2O3.